The Bertz CT molecular complexity index is 1500. The van der Waals surface area contributed by atoms with Crippen molar-refractivity contribution in [2.24, 2.45) is 0 Å². The monoisotopic (exact) mass is 489 g/mol. The van der Waals surface area contributed by atoms with Crippen LogP contribution in [-0.4, -0.2) is 36.0 Å². The van der Waals surface area contributed by atoms with Crippen molar-refractivity contribution in [2.45, 2.75) is 19.9 Å². The van der Waals surface area contributed by atoms with E-state index in [0.717, 1.165) is 50.7 Å². The SMILES string of the molecule is CCOc1cccc2cc(C(=O)Nc3sc4c(c3-c3nc5ccccc5s3)CCN(C)C4)oc12. The maximum Gasteiger partial charge on any atom is 0.292 e. The van der Waals surface area contributed by atoms with Gasteiger partial charge in [0.05, 0.1) is 16.8 Å². The summed E-state index contributed by atoms with van der Waals surface area (Å²) >= 11 is 3.31. The summed E-state index contributed by atoms with van der Waals surface area (Å²) in [6.07, 6.45) is 0.936. The van der Waals surface area contributed by atoms with E-state index in [4.69, 9.17) is 14.1 Å². The summed E-state index contributed by atoms with van der Waals surface area (Å²) in [5.74, 6) is 0.637. The predicted molar refractivity (Wildman–Crippen MR) is 138 cm³/mol. The normalized spacial score (nSPS) is 13.9. The van der Waals surface area contributed by atoms with E-state index in [-0.39, 0.29) is 11.7 Å². The second-order valence-electron chi connectivity index (χ2n) is 8.35. The number of benzene rings is 2. The highest BCUT2D eigenvalue weighted by Crippen LogP contribution is 2.45. The van der Waals surface area contributed by atoms with Crippen molar-refractivity contribution in [3.8, 4) is 16.3 Å². The lowest BCUT2D eigenvalue weighted by atomic mass is 10.0. The number of amides is 1. The van der Waals surface area contributed by atoms with E-state index in [1.54, 1.807) is 28.7 Å². The lowest BCUT2D eigenvalue weighted by Gasteiger charge is -2.22. The van der Waals surface area contributed by atoms with Crippen molar-refractivity contribution in [1.29, 1.82) is 0 Å². The zero-order valence-corrected chi connectivity index (χ0v) is 20.5. The fourth-order valence-corrected chi connectivity index (χ4v) is 6.84. The molecule has 1 aliphatic heterocycles. The molecular weight excluding hydrogens is 466 g/mol. The van der Waals surface area contributed by atoms with Crippen LogP contribution in [-0.2, 0) is 13.0 Å². The van der Waals surface area contributed by atoms with Crippen LogP contribution in [0.25, 0.3) is 31.8 Å². The van der Waals surface area contributed by atoms with Gasteiger partial charge < -0.3 is 19.4 Å². The first-order chi connectivity index (χ1) is 16.6. The molecule has 0 saturated heterocycles. The Morgan fingerprint density at radius 3 is 2.94 bits per heavy atom. The van der Waals surface area contributed by atoms with Gasteiger partial charge in [0.15, 0.2) is 17.1 Å². The van der Waals surface area contributed by atoms with Crippen molar-refractivity contribution in [1.82, 2.24) is 9.88 Å². The Morgan fingerprint density at radius 1 is 1.21 bits per heavy atom. The predicted octanol–water partition coefficient (Wildman–Crippen LogP) is 6.41. The minimum Gasteiger partial charge on any atom is -0.490 e. The van der Waals surface area contributed by atoms with Gasteiger partial charge in [-0.15, -0.1) is 22.7 Å². The second kappa shape index (κ2) is 8.54. The lowest BCUT2D eigenvalue weighted by Crippen LogP contribution is -2.25. The molecule has 0 aliphatic carbocycles. The summed E-state index contributed by atoms with van der Waals surface area (Å²) in [5.41, 5.74) is 3.91. The van der Waals surface area contributed by atoms with Gasteiger partial charge in [0.1, 0.15) is 10.0 Å². The molecular formula is C26H23N3O3S2. The number of carbonyl (C=O) groups excluding carboxylic acids is 1. The van der Waals surface area contributed by atoms with Crippen LogP contribution < -0.4 is 10.1 Å². The summed E-state index contributed by atoms with van der Waals surface area (Å²) in [7, 11) is 2.13. The summed E-state index contributed by atoms with van der Waals surface area (Å²) in [6, 6.07) is 15.6. The first kappa shape index (κ1) is 21.3. The highest BCUT2D eigenvalue weighted by molar-refractivity contribution is 7.23. The Hall–Kier alpha value is -3.20. The lowest BCUT2D eigenvalue weighted by molar-refractivity contribution is 0.0999. The van der Waals surface area contributed by atoms with Gasteiger partial charge in [0.25, 0.3) is 5.91 Å². The number of nitrogens with zero attached hydrogens (tertiary/aromatic N) is 2. The number of fused-ring (bicyclic) bond motifs is 3. The third kappa shape index (κ3) is 3.68. The molecule has 1 aliphatic rings. The van der Waals surface area contributed by atoms with E-state index >= 15 is 0 Å². The molecule has 34 heavy (non-hydrogen) atoms. The Labute approximate surface area is 204 Å². The van der Waals surface area contributed by atoms with E-state index < -0.39 is 0 Å². The Morgan fingerprint density at radius 2 is 2.09 bits per heavy atom. The third-order valence-corrected chi connectivity index (χ3v) is 8.20. The summed E-state index contributed by atoms with van der Waals surface area (Å²) in [5, 5.41) is 5.76. The van der Waals surface area contributed by atoms with Crippen LogP contribution in [0.3, 0.4) is 0 Å². The number of carbonyl (C=O) groups is 1. The van der Waals surface area contributed by atoms with Crippen LogP contribution in [0.2, 0.25) is 0 Å². The fraction of sp³-hybridized carbons (Fsp3) is 0.231. The highest BCUT2D eigenvalue weighted by atomic mass is 32.1. The van der Waals surface area contributed by atoms with Crippen molar-refractivity contribution < 1.29 is 13.9 Å². The molecule has 0 saturated carbocycles. The minimum atomic E-state index is -0.270. The number of thiophene rings is 1. The van der Waals surface area contributed by atoms with Gasteiger partial charge in [-0.05, 0) is 50.2 Å². The maximum atomic E-state index is 13.3. The van der Waals surface area contributed by atoms with Gasteiger partial charge in [-0.2, -0.15) is 0 Å². The molecule has 2 aromatic carbocycles. The van der Waals surface area contributed by atoms with Gasteiger partial charge in [-0.25, -0.2) is 4.98 Å². The number of thiazole rings is 1. The molecule has 0 radical (unpaired) electrons. The zero-order valence-electron chi connectivity index (χ0n) is 18.9. The van der Waals surface area contributed by atoms with E-state index in [1.807, 2.05) is 43.3 Å². The number of nitrogens with one attached hydrogen (secondary N) is 1. The molecule has 0 spiro atoms. The Balaban J connectivity index is 1.41. The van der Waals surface area contributed by atoms with Gasteiger partial charge in [-0.3, -0.25) is 4.79 Å². The average molecular weight is 490 g/mol. The molecule has 0 fully saturated rings. The number of aromatic nitrogens is 1. The minimum absolute atomic E-state index is 0.265. The molecule has 0 atom stereocenters. The third-order valence-electron chi connectivity index (χ3n) is 6.01. The first-order valence-corrected chi connectivity index (χ1v) is 12.9. The van der Waals surface area contributed by atoms with Crippen molar-refractivity contribution >= 4 is 54.8 Å². The fourth-order valence-electron chi connectivity index (χ4n) is 4.41. The summed E-state index contributed by atoms with van der Waals surface area (Å²) in [6.45, 7) is 4.31. The van der Waals surface area contributed by atoms with Gasteiger partial charge in [0.2, 0.25) is 0 Å². The smallest absolute Gasteiger partial charge is 0.292 e. The number of ether oxygens (including phenoxy) is 1. The molecule has 8 heteroatoms. The van der Waals surface area contributed by atoms with Crippen molar-refractivity contribution in [2.75, 3.05) is 25.5 Å². The largest absolute Gasteiger partial charge is 0.490 e. The van der Waals surface area contributed by atoms with E-state index in [2.05, 4.69) is 23.3 Å². The molecule has 5 aromatic rings. The van der Waals surface area contributed by atoms with Gasteiger partial charge >= 0.3 is 0 Å². The molecule has 172 valence electrons. The van der Waals surface area contributed by atoms with E-state index in [1.165, 1.54) is 10.4 Å². The molecule has 0 unspecified atom stereocenters. The van der Waals surface area contributed by atoms with Crippen LogP contribution in [0.5, 0.6) is 5.75 Å². The summed E-state index contributed by atoms with van der Waals surface area (Å²) < 4.78 is 12.8. The summed E-state index contributed by atoms with van der Waals surface area (Å²) in [4.78, 5) is 21.8. The number of hydrogen-bond acceptors (Lipinski definition) is 7. The number of furan rings is 1. The maximum absolute atomic E-state index is 13.3. The van der Waals surface area contributed by atoms with Gasteiger partial charge in [-0.1, -0.05) is 24.3 Å². The van der Waals surface area contributed by atoms with Crippen molar-refractivity contribution in [3.05, 3.63) is 64.7 Å². The standard InChI is InChI=1S/C26H23N3O3S2/c1-3-31-18-9-6-7-15-13-19(32-23(15)18)24(30)28-26-22(16-11-12-29(2)14-21(16)34-26)25-27-17-8-4-5-10-20(17)33-25/h4-10,13H,3,11-12,14H2,1-2H3,(H,28,30). The quantitative estimate of drug-likeness (QED) is 0.309. The topological polar surface area (TPSA) is 67.6 Å². The molecule has 1 amide bonds. The number of anilines is 1. The molecule has 6 nitrogen and oxygen atoms in total. The molecule has 1 N–H and O–H groups in total. The van der Waals surface area contributed by atoms with Crippen LogP contribution >= 0.6 is 22.7 Å². The zero-order chi connectivity index (χ0) is 23.2. The number of rotatable bonds is 5. The highest BCUT2D eigenvalue weighted by Gasteiger charge is 2.27. The molecule has 0 bridgehead atoms. The average Bonchev–Trinajstić information content (AvgIpc) is 3.53. The van der Waals surface area contributed by atoms with Gasteiger partial charge in [0, 0.05) is 28.9 Å². The molecule has 3 aromatic heterocycles. The first-order valence-electron chi connectivity index (χ1n) is 11.3. The number of para-hydroxylation sites is 2. The van der Waals surface area contributed by atoms with Crippen molar-refractivity contribution in [3.63, 3.8) is 0 Å². The number of hydrogen-bond donors (Lipinski definition) is 1. The van der Waals surface area contributed by atoms with E-state index in [9.17, 15) is 4.79 Å². The molecule has 4 heterocycles. The Kier molecular flexibility index (Phi) is 5.36. The van der Waals surface area contributed by atoms with E-state index in [0.29, 0.717) is 17.9 Å². The van der Waals surface area contributed by atoms with Crippen LogP contribution in [0.4, 0.5) is 5.00 Å². The van der Waals surface area contributed by atoms with Crippen LogP contribution in [0, 0.1) is 0 Å². The van der Waals surface area contributed by atoms with Crippen LogP contribution in [0.1, 0.15) is 27.9 Å². The second-order valence-corrected chi connectivity index (χ2v) is 10.5. The van der Waals surface area contributed by atoms with Crippen LogP contribution in [0.15, 0.2) is 52.9 Å². The number of likely N-dealkylation sites (N-methyl/N-ethyl adjacent to an activating group) is 1. The molecule has 6 rings (SSSR count).